The van der Waals surface area contributed by atoms with E-state index >= 15 is 0 Å². The number of rotatable bonds is 6. The topological polar surface area (TPSA) is 95.9 Å². The Kier molecular flexibility index (Phi) is 6.68. The molecule has 0 aliphatic rings. The highest BCUT2D eigenvalue weighted by Gasteiger charge is 2.26. The third kappa shape index (κ3) is 4.67. The molecule has 0 aliphatic heterocycles. The van der Waals surface area contributed by atoms with Crippen molar-refractivity contribution in [2.75, 3.05) is 18.9 Å². The predicted molar refractivity (Wildman–Crippen MR) is 115 cm³/mol. The summed E-state index contributed by atoms with van der Waals surface area (Å²) >= 11 is 5.90. The molecule has 0 unspecified atom stereocenters. The van der Waals surface area contributed by atoms with Gasteiger partial charge in [-0.1, -0.05) is 41.9 Å². The fraction of sp³-hybridized carbons (Fsp3) is 0.0952. The first kappa shape index (κ1) is 23.5. The van der Waals surface area contributed by atoms with Gasteiger partial charge in [0.25, 0.3) is 15.9 Å². The molecule has 1 amide bonds. The van der Waals surface area contributed by atoms with Gasteiger partial charge >= 0.3 is 0 Å². The second-order valence-corrected chi connectivity index (χ2v) is 8.63. The third-order valence-electron chi connectivity index (χ3n) is 4.51. The van der Waals surface area contributed by atoms with Crippen LogP contribution in [0.1, 0.15) is 10.4 Å². The van der Waals surface area contributed by atoms with Gasteiger partial charge in [0.2, 0.25) is 0 Å². The van der Waals surface area contributed by atoms with Gasteiger partial charge in [-0.25, -0.2) is 22.3 Å². The number of sulfonamides is 1. The number of hydrogen-bond acceptors (Lipinski definition) is 5. The summed E-state index contributed by atoms with van der Waals surface area (Å²) in [6.07, 6.45) is 0. The van der Waals surface area contributed by atoms with Gasteiger partial charge in [0.1, 0.15) is 16.5 Å². The minimum atomic E-state index is -4.65. The number of hydroxylamine groups is 2. The highest BCUT2D eigenvalue weighted by Crippen LogP contribution is 2.35. The van der Waals surface area contributed by atoms with Crippen molar-refractivity contribution in [3.63, 3.8) is 0 Å². The number of benzene rings is 3. The Bertz CT molecular complexity index is 1290. The summed E-state index contributed by atoms with van der Waals surface area (Å²) in [7, 11) is -2.14. The summed E-state index contributed by atoms with van der Waals surface area (Å²) in [4.78, 5) is 16.3. The first-order valence-corrected chi connectivity index (χ1v) is 10.8. The van der Waals surface area contributed by atoms with Crippen molar-refractivity contribution in [3.8, 4) is 16.9 Å². The molecule has 7 nitrogen and oxygen atoms in total. The third-order valence-corrected chi connectivity index (χ3v) is 6.18. The molecule has 0 atom stereocenters. The lowest BCUT2D eigenvalue weighted by Crippen LogP contribution is -2.26. The molecule has 0 saturated carbocycles. The van der Waals surface area contributed by atoms with E-state index < -0.39 is 48.9 Å². The van der Waals surface area contributed by atoms with E-state index in [2.05, 4.69) is 0 Å². The summed E-state index contributed by atoms with van der Waals surface area (Å²) in [5.74, 6) is -3.66. The summed E-state index contributed by atoms with van der Waals surface area (Å²) in [5.41, 5.74) is -0.419. The number of nitrogens with one attached hydrogen (secondary N) is 1. The molecule has 0 spiro atoms. The van der Waals surface area contributed by atoms with Crippen molar-refractivity contribution in [1.29, 1.82) is 0 Å². The molecule has 0 aromatic heterocycles. The van der Waals surface area contributed by atoms with Crippen LogP contribution in [0, 0.1) is 11.6 Å². The van der Waals surface area contributed by atoms with E-state index in [9.17, 15) is 27.1 Å². The van der Waals surface area contributed by atoms with E-state index in [1.165, 1.54) is 14.2 Å². The number of anilines is 1. The van der Waals surface area contributed by atoms with Gasteiger partial charge in [-0.3, -0.25) is 14.4 Å². The molecule has 3 aromatic rings. The zero-order valence-corrected chi connectivity index (χ0v) is 18.3. The van der Waals surface area contributed by atoms with E-state index in [4.69, 9.17) is 16.4 Å². The van der Waals surface area contributed by atoms with Crippen molar-refractivity contribution >= 4 is 33.2 Å². The number of carbonyl (C=O) groups excluding carboxylic acids is 1. The standard InChI is InChI=1S/C21H17ClF2N2O5S/c1-26(31-2)21(28)13-8-15(22)20(27)19(9-13)32(29,30)25-18-10-14(16(23)11-17(18)24)12-6-4-3-5-7-12/h3-11,25,27H,1-2H3. The van der Waals surface area contributed by atoms with Crippen LogP contribution in [0.5, 0.6) is 5.75 Å². The number of carbonyl (C=O) groups is 1. The maximum Gasteiger partial charge on any atom is 0.277 e. The quantitative estimate of drug-likeness (QED) is 0.507. The van der Waals surface area contributed by atoms with Crippen LogP contribution in [0.3, 0.4) is 0 Å². The molecular formula is C21H17ClF2N2O5S. The van der Waals surface area contributed by atoms with Crippen LogP contribution in [0.4, 0.5) is 14.5 Å². The van der Waals surface area contributed by atoms with Crippen molar-refractivity contribution in [3.05, 3.63) is 76.8 Å². The van der Waals surface area contributed by atoms with Crippen molar-refractivity contribution < 1.29 is 31.9 Å². The van der Waals surface area contributed by atoms with Crippen LogP contribution in [0.25, 0.3) is 11.1 Å². The van der Waals surface area contributed by atoms with Gasteiger partial charge in [0.05, 0.1) is 17.8 Å². The fourth-order valence-corrected chi connectivity index (χ4v) is 4.31. The fourth-order valence-electron chi connectivity index (χ4n) is 2.83. The van der Waals surface area contributed by atoms with Crippen molar-refractivity contribution in [2.24, 2.45) is 0 Å². The molecule has 3 aromatic carbocycles. The van der Waals surface area contributed by atoms with Crippen molar-refractivity contribution in [2.45, 2.75) is 4.90 Å². The Balaban J connectivity index is 2.07. The van der Waals surface area contributed by atoms with Gasteiger partial charge < -0.3 is 5.11 Å². The number of phenolic OH excluding ortho intramolecular Hbond substituents is 1. The van der Waals surface area contributed by atoms with E-state index in [0.717, 1.165) is 23.3 Å². The SMILES string of the molecule is CON(C)C(=O)c1cc(Cl)c(O)c(S(=O)(=O)Nc2cc(-c3ccccc3)c(F)cc2F)c1. The molecule has 0 fully saturated rings. The van der Waals surface area contributed by atoms with Gasteiger partial charge in [-0.05, 0) is 23.8 Å². The summed E-state index contributed by atoms with van der Waals surface area (Å²) in [6.45, 7) is 0. The maximum atomic E-state index is 14.4. The lowest BCUT2D eigenvalue weighted by molar-refractivity contribution is -0.0757. The van der Waals surface area contributed by atoms with Crippen LogP contribution < -0.4 is 4.72 Å². The first-order valence-electron chi connectivity index (χ1n) is 8.97. The van der Waals surface area contributed by atoms with Crippen LogP contribution >= 0.6 is 11.6 Å². The lowest BCUT2D eigenvalue weighted by Gasteiger charge is -2.16. The molecular weight excluding hydrogens is 466 g/mol. The molecule has 3 rings (SSSR count). The Labute approximate surface area is 187 Å². The largest absolute Gasteiger partial charge is 0.505 e. The number of nitrogens with zero attached hydrogens (tertiary/aromatic N) is 1. The smallest absolute Gasteiger partial charge is 0.277 e. The Hall–Kier alpha value is -3.21. The molecule has 0 bridgehead atoms. The molecule has 32 heavy (non-hydrogen) atoms. The van der Waals surface area contributed by atoms with Crippen LogP contribution in [-0.2, 0) is 14.9 Å². The van der Waals surface area contributed by atoms with Gasteiger partial charge in [-0.15, -0.1) is 0 Å². The number of aromatic hydroxyl groups is 1. The molecule has 0 radical (unpaired) electrons. The Morgan fingerprint density at radius 2 is 1.75 bits per heavy atom. The molecule has 2 N–H and O–H groups in total. The first-order chi connectivity index (χ1) is 15.0. The minimum Gasteiger partial charge on any atom is -0.505 e. The van der Waals surface area contributed by atoms with Crippen molar-refractivity contribution in [1.82, 2.24) is 5.06 Å². The van der Waals surface area contributed by atoms with Crippen LogP contribution in [0.2, 0.25) is 5.02 Å². The molecule has 0 heterocycles. The lowest BCUT2D eigenvalue weighted by atomic mass is 10.0. The maximum absolute atomic E-state index is 14.4. The number of phenols is 1. The average molecular weight is 483 g/mol. The molecule has 11 heteroatoms. The van der Waals surface area contributed by atoms with E-state index in [1.54, 1.807) is 30.3 Å². The molecule has 0 aliphatic carbocycles. The molecule has 0 saturated heterocycles. The Morgan fingerprint density at radius 1 is 1.09 bits per heavy atom. The molecule has 168 valence electrons. The second kappa shape index (κ2) is 9.11. The second-order valence-electron chi connectivity index (χ2n) is 6.57. The summed E-state index contributed by atoms with van der Waals surface area (Å²) < 4.78 is 56.5. The van der Waals surface area contributed by atoms with Gasteiger partial charge in [0.15, 0.2) is 5.75 Å². The van der Waals surface area contributed by atoms with Crippen LogP contribution in [0.15, 0.2) is 59.5 Å². The summed E-state index contributed by atoms with van der Waals surface area (Å²) in [5, 5.41) is 10.6. The van der Waals surface area contributed by atoms with E-state index in [-0.39, 0.29) is 11.1 Å². The van der Waals surface area contributed by atoms with E-state index in [1.807, 2.05) is 4.72 Å². The highest BCUT2D eigenvalue weighted by molar-refractivity contribution is 7.92. The van der Waals surface area contributed by atoms with E-state index in [0.29, 0.717) is 11.6 Å². The zero-order chi connectivity index (χ0) is 23.6. The number of halogens is 3. The zero-order valence-electron chi connectivity index (χ0n) is 16.8. The predicted octanol–water partition coefficient (Wildman–Crippen LogP) is 4.43. The summed E-state index contributed by atoms with van der Waals surface area (Å²) in [6, 6.07) is 11.6. The van der Waals surface area contributed by atoms with Gasteiger partial charge in [0, 0.05) is 24.2 Å². The highest BCUT2D eigenvalue weighted by atomic mass is 35.5. The normalized spacial score (nSPS) is 11.3. The number of amides is 1. The number of hydrogen-bond donors (Lipinski definition) is 2. The van der Waals surface area contributed by atoms with Crippen LogP contribution in [-0.4, -0.2) is 38.7 Å². The minimum absolute atomic E-state index is 0.0439. The average Bonchev–Trinajstić information content (AvgIpc) is 2.76. The monoisotopic (exact) mass is 482 g/mol. The Morgan fingerprint density at radius 3 is 2.38 bits per heavy atom. The van der Waals surface area contributed by atoms with Gasteiger partial charge in [-0.2, -0.15) is 0 Å².